The molecule has 1 aliphatic heterocycles. The summed E-state index contributed by atoms with van der Waals surface area (Å²) < 4.78 is 2.17. The molecular weight excluding hydrogens is 186 g/mol. The van der Waals surface area contributed by atoms with E-state index in [4.69, 9.17) is 0 Å². The maximum Gasteiger partial charge on any atom is 0.0951 e. The van der Waals surface area contributed by atoms with Gasteiger partial charge in [-0.25, -0.2) is 4.98 Å². The SMILES string of the molecule is C=CCn1cncc1C1CCCC(C)N1. The second-order valence-corrected chi connectivity index (χ2v) is 4.31. The largest absolute Gasteiger partial charge is 0.329 e. The van der Waals surface area contributed by atoms with Crippen LogP contribution >= 0.6 is 0 Å². The Morgan fingerprint density at radius 3 is 3.27 bits per heavy atom. The molecule has 1 aromatic rings. The number of hydrogen-bond donors (Lipinski definition) is 1. The maximum absolute atomic E-state index is 4.22. The molecule has 1 aromatic heterocycles. The lowest BCUT2D eigenvalue weighted by Crippen LogP contribution is -2.35. The number of imidazole rings is 1. The van der Waals surface area contributed by atoms with E-state index >= 15 is 0 Å². The lowest BCUT2D eigenvalue weighted by atomic mass is 9.97. The molecule has 0 saturated carbocycles. The molecule has 0 aromatic carbocycles. The molecule has 15 heavy (non-hydrogen) atoms. The zero-order valence-corrected chi connectivity index (χ0v) is 9.32. The van der Waals surface area contributed by atoms with Gasteiger partial charge in [0.1, 0.15) is 0 Å². The Morgan fingerprint density at radius 1 is 1.67 bits per heavy atom. The second kappa shape index (κ2) is 4.62. The number of nitrogens with zero attached hydrogens (tertiary/aromatic N) is 2. The fourth-order valence-corrected chi connectivity index (χ4v) is 2.28. The molecule has 1 aliphatic rings. The first-order valence-corrected chi connectivity index (χ1v) is 5.68. The highest BCUT2D eigenvalue weighted by Crippen LogP contribution is 2.25. The quantitative estimate of drug-likeness (QED) is 0.767. The summed E-state index contributed by atoms with van der Waals surface area (Å²) in [5, 5.41) is 3.62. The normalized spacial score (nSPS) is 26.5. The topological polar surface area (TPSA) is 29.9 Å². The highest BCUT2D eigenvalue weighted by Gasteiger charge is 2.21. The minimum Gasteiger partial charge on any atom is -0.329 e. The Morgan fingerprint density at radius 2 is 2.53 bits per heavy atom. The predicted molar refractivity (Wildman–Crippen MR) is 61.6 cm³/mol. The van der Waals surface area contributed by atoms with Gasteiger partial charge in [0.15, 0.2) is 0 Å². The Bertz CT molecular complexity index is 329. The van der Waals surface area contributed by atoms with Gasteiger partial charge in [-0.15, -0.1) is 6.58 Å². The molecule has 0 spiro atoms. The molecule has 0 amide bonds. The summed E-state index contributed by atoms with van der Waals surface area (Å²) in [6.45, 7) is 6.87. The number of nitrogens with one attached hydrogen (secondary N) is 1. The average molecular weight is 205 g/mol. The van der Waals surface area contributed by atoms with Gasteiger partial charge < -0.3 is 9.88 Å². The van der Waals surface area contributed by atoms with Crippen LogP contribution in [0.3, 0.4) is 0 Å². The molecule has 0 bridgehead atoms. The molecule has 0 radical (unpaired) electrons. The van der Waals surface area contributed by atoms with E-state index in [-0.39, 0.29) is 0 Å². The van der Waals surface area contributed by atoms with E-state index < -0.39 is 0 Å². The van der Waals surface area contributed by atoms with E-state index in [9.17, 15) is 0 Å². The van der Waals surface area contributed by atoms with E-state index in [0.717, 1.165) is 6.54 Å². The fraction of sp³-hybridized carbons (Fsp3) is 0.583. The van der Waals surface area contributed by atoms with Gasteiger partial charge in [0, 0.05) is 24.8 Å². The van der Waals surface area contributed by atoms with Crippen molar-refractivity contribution in [1.82, 2.24) is 14.9 Å². The molecular formula is C12H19N3. The molecule has 2 unspecified atom stereocenters. The predicted octanol–water partition coefficient (Wildman–Crippen LogP) is 2.27. The molecule has 82 valence electrons. The fourth-order valence-electron chi connectivity index (χ4n) is 2.28. The van der Waals surface area contributed by atoms with Crippen LogP contribution < -0.4 is 5.32 Å². The maximum atomic E-state index is 4.22. The van der Waals surface area contributed by atoms with Crippen molar-refractivity contribution in [3.63, 3.8) is 0 Å². The summed E-state index contributed by atoms with van der Waals surface area (Å²) in [4.78, 5) is 4.22. The van der Waals surface area contributed by atoms with Gasteiger partial charge in [-0.3, -0.25) is 0 Å². The van der Waals surface area contributed by atoms with Crippen molar-refractivity contribution in [3.05, 3.63) is 30.9 Å². The molecule has 3 nitrogen and oxygen atoms in total. The average Bonchev–Trinajstić information content (AvgIpc) is 2.66. The first-order valence-electron chi connectivity index (χ1n) is 5.68. The highest BCUT2D eigenvalue weighted by molar-refractivity contribution is 5.07. The first kappa shape index (κ1) is 10.4. The molecule has 1 saturated heterocycles. The molecule has 1 N–H and O–H groups in total. The second-order valence-electron chi connectivity index (χ2n) is 4.31. The van der Waals surface area contributed by atoms with Crippen LogP contribution in [0.15, 0.2) is 25.2 Å². The number of piperidine rings is 1. The van der Waals surface area contributed by atoms with Crippen LogP contribution in [0, 0.1) is 0 Å². The van der Waals surface area contributed by atoms with Gasteiger partial charge in [-0.05, 0) is 26.2 Å². The van der Waals surface area contributed by atoms with Crippen LogP contribution in [0.25, 0.3) is 0 Å². The van der Waals surface area contributed by atoms with E-state index in [2.05, 4.69) is 28.4 Å². The first-order chi connectivity index (χ1) is 7.31. The Hall–Kier alpha value is -1.09. The molecule has 2 atom stereocenters. The van der Waals surface area contributed by atoms with Crippen LogP contribution in [0.4, 0.5) is 0 Å². The lowest BCUT2D eigenvalue weighted by molar-refractivity contribution is 0.331. The zero-order chi connectivity index (χ0) is 10.7. The van der Waals surface area contributed by atoms with Crippen molar-refractivity contribution in [1.29, 1.82) is 0 Å². The van der Waals surface area contributed by atoms with E-state index in [0.29, 0.717) is 12.1 Å². The third kappa shape index (κ3) is 2.29. The van der Waals surface area contributed by atoms with Gasteiger partial charge in [0.25, 0.3) is 0 Å². The van der Waals surface area contributed by atoms with Crippen LogP contribution in [0.1, 0.15) is 37.9 Å². The number of aromatic nitrogens is 2. The van der Waals surface area contributed by atoms with Crippen molar-refractivity contribution in [2.45, 2.75) is 44.8 Å². The summed E-state index contributed by atoms with van der Waals surface area (Å²) in [7, 11) is 0. The van der Waals surface area contributed by atoms with Crippen molar-refractivity contribution < 1.29 is 0 Å². The van der Waals surface area contributed by atoms with Gasteiger partial charge >= 0.3 is 0 Å². The molecule has 2 heterocycles. The van der Waals surface area contributed by atoms with Gasteiger partial charge in [-0.2, -0.15) is 0 Å². The van der Waals surface area contributed by atoms with Crippen molar-refractivity contribution in [2.75, 3.05) is 0 Å². The number of allylic oxidation sites excluding steroid dienone is 1. The van der Waals surface area contributed by atoms with Crippen LogP contribution in [0.5, 0.6) is 0 Å². The molecule has 2 rings (SSSR count). The van der Waals surface area contributed by atoms with Crippen LogP contribution in [0.2, 0.25) is 0 Å². The summed E-state index contributed by atoms with van der Waals surface area (Å²) >= 11 is 0. The standard InChI is InChI=1S/C12H19N3/c1-3-7-15-9-13-8-12(15)11-6-4-5-10(2)14-11/h3,8-11,14H,1,4-7H2,2H3. The van der Waals surface area contributed by atoms with Crippen molar-refractivity contribution >= 4 is 0 Å². The number of hydrogen-bond acceptors (Lipinski definition) is 2. The minimum absolute atomic E-state index is 0.469. The Labute approximate surface area is 91.2 Å². The summed E-state index contributed by atoms with van der Waals surface area (Å²) in [5.41, 5.74) is 1.29. The Kier molecular flexibility index (Phi) is 3.21. The van der Waals surface area contributed by atoms with Crippen LogP contribution in [-0.2, 0) is 6.54 Å². The summed E-state index contributed by atoms with van der Waals surface area (Å²) in [6, 6.07) is 1.09. The van der Waals surface area contributed by atoms with E-state index in [1.54, 1.807) is 0 Å². The Balaban J connectivity index is 2.13. The molecule has 0 aliphatic carbocycles. The molecule has 1 fully saturated rings. The van der Waals surface area contributed by atoms with Crippen molar-refractivity contribution in [2.24, 2.45) is 0 Å². The van der Waals surface area contributed by atoms with Gasteiger partial charge in [0.05, 0.1) is 12.0 Å². The summed E-state index contributed by atoms with van der Waals surface area (Å²) in [6.07, 6.45) is 9.58. The van der Waals surface area contributed by atoms with Gasteiger partial charge in [0.2, 0.25) is 0 Å². The van der Waals surface area contributed by atoms with Crippen molar-refractivity contribution in [3.8, 4) is 0 Å². The highest BCUT2D eigenvalue weighted by atomic mass is 15.1. The van der Waals surface area contributed by atoms with Crippen LogP contribution in [-0.4, -0.2) is 15.6 Å². The monoisotopic (exact) mass is 205 g/mol. The minimum atomic E-state index is 0.469. The smallest absolute Gasteiger partial charge is 0.0951 e. The van der Waals surface area contributed by atoms with E-state index in [1.807, 2.05) is 18.6 Å². The summed E-state index contributed by atoms with van der Waals surface area (Å²) in [5.74, 6) is 0. The molecule has 3 heteroatoms. The third-order valence-electron chi connectivity index (χ3n) is 3.04. The zero-order valence-electron chi connectivity index (χ0n) is 9.32. The van der Waals surface area contributed by atoms with E-state index in [1.165, 1.54) is 25.0 Å². The lowest BCUT2D eigenvalue weighted by Gasteiger charge is -2.29. The number of rotatable bonds is 3. The van der Waals surface area contributed by atoms with Gasteiger partial charge in [-0.1, -0.05) is 6.08 Å². The third-order valence-corrected chi connectivity index (χ3v) is 3.04.